The Kier molecular flexibility index (Phi) is 5.31. The number of aryl methyl sites for hydroxylation is 1. The van der Waals surface area contributed by atoms with Crippen molar-refractivity contribution in [3.63, 3.8) is 0 Å². The predicted molar refractivity (Wildman–Crippen MR) is 111 cm³/mol. The Bertz CT molecular complexity index is 1190. The molecular formula is C22H19N5O4. The molecule has 2 heterocycles. The van der Waals surface area contributed by atoms with Gasteiger partial charge in [-0.05, 0) is 25.1 Å². The third kappa shape index (κ3) is 4.06. The van der Waals surface area contributed by atoms with Gasteiger partial charge in [-0.3, -0.25) is 40.0 Å². The van der Waals surface area contributed by atoms with Gasteiger partial charge in [-0.15, -0.1) is 0 Å². The van der Waals surface area contributed by atoms with Gasteiger partial charge in [0.15, 0.2) is 0 Å². The maximum absolute atomic E-state index is 12.4. The minimum Gasteiger partial charge on any atom is -0.274 e. The molecule has 0 atom stereocenters. The molecule has 0 radical (unpaired) electrons. The number of carbonyl (C=O) groups is 4. The Labute approximate surface area is 177 Å². The van der Waals surface area contributed by atoms with Crippen molar-refractivity contribution in [1.82, 2.24) is 25.9 Å². The van der Waals surface area contributed by atoms with Crippen LogP contribution in [0.1, 0.15) is 43.2 Å². The molecule has 3 aromatic rings. The number of carbonyl (C=O) groups excluding carboxylic acids is 4. The molecule has 0 bridgehead atoms. The summed E-state index contributed by atoms with van der Waals surface area (Å²) in [6.45, 7) is 1.74. The third-order valence-corrected chi connectivity index (χ3v) is 4.90. The summed E-state index contributed by atoms with van der Waals surface area (Å²) in [6, 6.07) is 15.9. The number of H-pyrrole nitrogens is 1. The van der Waals surface area contributed by atoms with E-state index in [0.717, 1.165) is 16.0 Å². The maximum atomic E-state index is 12.4. The van der Waals surface area contributed by atoms with Gasteiger partial charge >= 0.3 is 0 Å². The zero-order valence-electron chi connectivity index (χ0n) is 16.6. The van der Waals surface area contributed by atoms with E-state index in [1.807, 2.05) is 37.3 Å². The number of hydrogen-bond acceptors (Lipinski definition) is 5. The number of aromatic nitrogens is 2. The summed E-state index contributed by atoms with van der Waals surface area (Å²) in [4.78, 5) is 50.2. The van der Waals surface area contributed by atoms with Crippen molar-refractivity contribution in [3.05, 3.63) is 77.0 Å². The highest BCUT2D eigenvalue weighted by atomic mass is 16.2. The molecule has 0 spiro atoms. The highest BCUT2D eigenvalue weighted by Gasteiger charge is 2.35. The molecule has 1 aliphatic heterocycles. The molecule has 1 aliphatic rings. The van der Waals surface area contributed by atoms with Crippen LogP contribution >= 0.6 is 0 Å². The highest BCUT2D eigenvalue weighted by molar-refractivity contribution is 6.21. The van der Waals surface area contributed by atoms with Crippen LogP contribution in [0.5, 0.6) is 0 Å². The lowest BCUT2D eigenvalue weighted by Gasteiger charge is -2.13. The smallest absolute Gasteiger partial charge is 0.274 e. The van der Waals surface area contributed by atoms with Crippen molar-refractivity contribution < 1.29 is 19.2 Å². The monoisotopic (exact) mass is 417 g/mol. The van der Waals surface area contributed by atoms with E-state index in [2.05, 4.69) is 21.0 Å². The van der Waals surface area contributed by atoms with E-state index in [9.17, 15) is 19.2 Å². The topological polar surface area (TPSA) is 124 Å². The third-order valence-electron chi connectivity index (χ3n) is 4.90. The highest BCUT2D eigenvalue weighted by Crippen LogP contribution is 2.24. The van der Waals surface area contributed by atoms with Crippen LogP contribution in [0.25, 0.3) is 11.3 Å². The first-order valence-corrected chi connectivity index (χ1v) is 9.61. The molecule has 2 aromatic carbocycles. The SMILES string of the molecule is Cc1ccc2c(c1)C(=O)N(CCC(=O)NNC(=O)c1cc(-c3ccccc3)n[nH]1)C2=O. The quantitative estimate of drug-likeness (QED) is 0.432. The molecular weight excluding hydrogens is 398 g/mol. The molecule has 4 rings (SSSR count). The van der Waals surface area contributed by atoms with Crippen molar-refractivity contribution in [2.24, 2.45) is 0 Å². The van der Waals surface area contributed by atoms with E-state index in [-0.39, 0.29) is 18.7 Å². The predicted octanol–water partition coefficient (Wildman–Crippen LogP) is 1.83. The summed E-state index contributed by atoms with van der Waals surface area (Å²) in [5, 5.41) is 6.71. The second kappa shape index (κ2) is 8.23. The van der Waals surface area contributed by atoms with Crippen LogP contribution in [0.3, 0.4) is 0 Å². The Balaban J connectivity index is 1.29. The summed E-state index contributed by atoms with van der Waals surface area (Å²) >= 11 is 0. The number of nitrogens with zero attached hydrogens (tertiary/aromatic N) is 2. The number of aromatic amines is 1. The summed E-state index contributed by atoms with van der Waals surface area (Å²) in [5.74, 6) is -1.96. The van der Waals surface area contributed by atoms with Gasteiger partial charge in [0, 0.05) is 18.5 Å². The van der Waals surface area contributed by atoms with E-state index >= 15 is 0 Å². The van der Waals surface area contributed by atoms with Crippen molar-refractivity contribution in [2.75, 3.05) is 6.54 Å². The van der Waals surface area contributed by atoms with E-state index in [1.54, 1.807) is 24.3 Å². The molecule has 0 unspecified atom stereocenters. The van der Waals surface area contributed by atoms with Crippen molar-refractivity contribution >= 4 is 23.6 Å². The Hall–Kier alpha value is -4.27. The van der Waals surface area contributed by atoms with Crippen molar-refractivity contribution in [3.8, 4) is 11.3 Å². The van der Waals surface area contributed by atoms with E-state index < -0.39 is 23.6 Å². The number of rotatable bonds is 5. The zero-order chi connectivity index (χ0) is 22.0. The molecule has 0 saturated carbocycles. The second-order valence-electron chi connectivity index (χ2n) is 7.10. The average Bonchev–Trinajstić information content (AvgIpc) is 3.36. The van der Waals surface area contributed by atoms with Crippen LogP contribution in [0, 0.1) is 6.92 Å². The van der Waals surface area contributed by atoms with Crippen LogP contribution in [0.15, 0.2) is 54.6 Å². The fraction of sp³-hybridized carbons (Fsp3) is 0.136. The second-order valence-corrected chi connectivity index (χ2v) is 7.10. The number of fused-ring (bicyclic) bond motifs is 1. The van der Waals surface area contributed by atoms with Crippen LogP contribution in [-0.4, -0.2) is 45.3 Å². The average molecular weight is 417 g/mol. The van der Waals surface area contributed by atoms with E-state index in [1.165, 1.54) is 0 Å². The fourth-order valence-corrected chi connectivity index (χ4v) is 3.27. The van der Waals surface area contributed by atoms with Gasteiger partial charge in [0.05, 0.1) is 16.8 Å². The largest absolute Gasteiger partial charge is 0.287 e. The van der Waals surface area contributed by atoms with Crippen molar-refractivity contribution in [2.45, 2.75) is 13.3 Å². The van der Waals surface area contributed by atoms with Crippen molar-refractivity contribution in [1.29, 1.82) is 0 Å². The Morgan fingerprint density at radius 3 is 2.48 bits per heavy atom. The normalized spacial score (nSPS) is 12.6. The lowest BCUT2D eigenvalue weighted by molar-refractivity contribution is -0.121. The molecule has 3 N–H and O–H groups in total. The summed E-state index contributed by atoms with van der Waals surface area (Å²) in [5.41, 5.74) is 7.73. The van der Waals surface area contributed by atoms with E-state index in [0.29, 0.717) is 16.8 Å². The van der Waals surface area contributed by atoms with Gasteiger partial charge in [-0.2, -0.15) is 5.10 Å². The number of amides is 4. The number of benzene rings is 2. The molecule has 0 fully saturated rings. The van der Waals surface area contributed by atoms with Gasteiger partial charge in [0.1, 0.15) is 5.69 Å². The molecule has 9 heteroatoms. The Morgan fingerprint density at radius 1 is 0.968 bits per heavy atom. The first-order valence-electron chi connectivity index (χ1n) is 9.61. The number of imide groups is 1. The zero-order valence-corrected chi connectivity index (χ0v) is 16.6. The number of hydrogen-bond donors (Lipinski definition) is 3. The first-order chi connectivity index (χ1) is 14.9. The summed E-state index contributed by atoms with van der Waals surface area (Å²) in [7, 11) is 0. The first kappa shape index (κ1) is 20.0. The van der Waals surface area contributed by atoms with Crippen LogP contribution in [0.4, 0.5) is 0 Å². The number of hydrazine groups is 1. The molecule has 156 valence electrons. The van der Waals surface area contributed by atoms with Gasteiger partial charge in [0.2, 0.25) is 5.91 Å². The maximum Gasteiger partial charge on any atom is 0.287 e. The van der Waals surface area contributed by atoms with Crippen LogP contribution < -0.4 is 10.9 Å². The van der Waals surface area contributed by atoms with Gasteiger partial charge in [-0.25, -0.2) is 0 Å². The molecule has 1 aromatic heterocycles. The fourth-order valence-electron chi connectivity index (χ4n) is 3.27. The minimum absolute atomic E-state index is 0.0880. The van der Waals surface area contributed by atoms with Crippen LogP contribution in [0.2, 0.25) is 0 Å². The molecule has 4 amide bonds. The molecule has 0 saturated heterocycles. The molecule has 9 nitrogen and oxygen atoms in total. The van der Waals surface area contributed by atoms with Crippen LogP contribution in [-0.2, 0) is 4.79 Å². The minimum atomic E-state index is -0.570. The Morgan fingerprint density at radius 2 is 1.71 bits per heavy atom. The van der Waals surface area contributed by atoms with Gasteiger partial charge < -0.3 is 0 Å². The lowest BCUT2D eigenvalue weighted by Crippen LogP contribution is -2.43. The summed E-state index contributed by atoms with van der Waals surface area (Å²) < 4.78 is 0. The standard InChI is InChI=1S/C22H19N5O4/c1-13-7-8-15-16(11-13)22(31)27(21(15)30)10-9-19(28)25-26-20(29)18-12-17(23-24-18)14-5-3-2-4-6-14/h2-8,11-12H,9-10H2,1H3,(H,23,24)(H,25,28)(H,26,29). The van der Waals surface area contributed by atoms with Gasteiger partial charge in [-0.1, -0.05) is 42.0 Å². The molecule has 0 aliphatic carbocycles. The van der Waals surface area contributed by atoms with Gasteiger partial charge in [0.25, 0.3) is 17.7 Å². The lowest BCUT2D eigenvalue weighted by atomic mass is 10.1. The number of nitrogens with one attached hydrogen (secondary N) is 3. The summed E-state index contributed by atoms with van der Waals surface area (Å²) in [6.07, 6.45) is -0.150. The van der Waals surface area contributed by atoms with E-state index in [4.69, 9.17) is 0 Å². The molecule has 31 heavy (non-hydrogen) atoms.